The maximum atomic E-state index is 11.2. The molecule has 0 fully saturated rings. The molecule has 2 N–H and O–H groups in total. The number of amides is 1. The summed E-state index contributed by atoms with van der Waals surface area (Å²) in [6.07, 6.45) is 1.60. The van der Waals surface area contributed by atoms with Gasteiger partial charge in [0.1, 0.15) is 0 Å². The van der Waals surface area contributed by atoms with E-state index in [-0.39, 0.29) is 11.2 Å². The van der Waals surface area contributed by atoms with Crippen LogP contribution < -0.4 is 5.73 Å². The molecule has 108 valence electrons. The summed E-state index contributed by atoms with van der Waals surface area (Å²) in [5.41, 5.74) is 5.30. The summed E-state index contributed by atoms with van der Waals surface area (Å²) in [6, 6.07) is 3.65. The molecular weight excluding hydrogens is 276 g/mol. The van der Waals surface area contributed by atoms with Crippen molar-refractivity contribution in [2.45, 2.75) is 37.7 Å². The molecule has 0 radical (unpaired) electrons. The number of nitrogens with two attached hydrogens (primary N) is 1. The van der Waals surface area contributed by atoms with Gasteiger partial charge in [0.2, 0.25) is 5.91 Å². The van der Waals surface area contributed by atoms with E-state index in [0.717, 1.165) is 6.54 Å². The largest absolute Gasteiger partial charge is 0.461 e. The molecule has 0 unspecified atom stereocenters. The molecule has 0 aliphatic carbocycles. The predicted molar refractivity (Wildman–Crippen MR) is 77.1 cm³/mol. The standard InChI is InChI=1S/C13H18N4O2S/c1-8(2)7-17-12(10-5-4-6-19-10)15-16-13(17)20-9(3)11(14)18/h4-6,8-9H,7H2,1-3H3,(H2,14,18)/t9-/m1/s1. The average Bonchev–Trinajstić information content (AvgIpc) is 2.99. The second-order valence-corrected chi connectivity index (χ2v) is 6.26. The predicted octanol–water partition coefficient (Wildman–Crippen LogP) is 2.16. The maximum Gasteiger partial charge on any atom is 0.230 e. The summed E-state index contributed by atoms with van der Waals surface area (Å²) >= 11 is 1.31. The Morgan fingerprint density at radius 2 is 2.20 bits per heavy atom. The smallest absolute Gasteiger partial charge is 0.230 e. The molecule has 0 aliphatic heterocycles. The summed E-state index contributed by atoms with van der Waals surface area (Å²) in [5.74, 6) is 1.39. The lowest BCUT2D eigenvalue weighted by molar-refractivity contribution is -0.117. The van der Waals surface area contributed by atoms with Gasteiger partial charge < -0.3 is 10.2 Å². The number of nitrogens with zero attached hydrogens (tertiary/aromatic N) is 3. The second kappa shape index (κ2) is 6.13. The minimum Gasteiger partial charge on any atom is -0.461 e. The molecule has 2 aromatic heterocycles. The van der Waals surface area contributed by atoms with Gasteiger partial charge in [0.05, 0.1) is 11.5 Å². The Kier molecular flexibility index (Phi) is 4.49. The van der Waals surface area contributed by atoms with E-state index in [1.165, 1.54) is 11.8 Å². The minimum absolute atomic E-state index is 0.352. The Balaban J connectivity index is 2.35. The SMILES string of the molecule is CC(C)Cn1c(S[C@H](C)C(N)=O)nnc1-c1ccco1. The fourth-order valence-corrected chi connectivity index (χ4v) is 2.52. The maximum absolute atomic E-state index is 11.2. The monoisotopic (exact) mass is 294 g/mol. The van der Waals surface area contributed by atoms with Crippen molar-refractivity contribution in [3.63, 3.8) is 0 Å². The van der Waals surface area contributed by atoms with Crippen molar-refractivity contribution in [3.05, 3.63) is 18.4 Å². The normalized spacial score (nSPS) is 12.8. The number of rotatable bonds is 6. The zero-order valence-electron chi connectivity index (χ0n) is 11.7. The van der Waals surface area contributed by atoms with Gasteiger partial charge in [-0.05, 0) is 25.0 Å². The quantitative estimate of drug-likeness (QED) is 0.825. The van der Waals surface area contributed by atoms with Crippen LogP contribution in [0.25, 0.3) is 11.6 Å². The summed E-state index contributed by atoms with van der Waals surface area (Å²) in [6.45, 7) is 6.72. The highest BCUT2D eigenvalue weighted by Crippen LogP contribution is 2.27. The van der Waals surface area contributed by atoms with Gasteiger partial charge in [0, 0.05) is 6.54 Å². The molecule has 1 atom stereocenters. The lowest BCUT2D eigenvalue weighted by Gasteiger charge is -2.12. The number of thioether (sulfide) groups is 1. The van der Waals surface area contributed by atoms with Crippen molar-refractivity contribution in [2.24, 2.45) is 11.7 Å². The Bertz CT molecular complexity index is 577. The number of primary amides is 1. The van der Waals surface area contributed by atoms with Gasteiger partial charge >= 0.3 is 0 Å². The topological polar surface area (TPSA) is 86.9 Å². The van der Waals surface area contributed by atoms with Gasteiger partial charge in [0.15, 0.2) is 16.7 Å². The first-order chi connectivity index (χ1) is 9.49. The minimum atomic E-state index is -0.367. The molecule has 0 aromatic carbocycles. The number of hydrogen-bond acceptors (Lipinski definition) is 5. The van der Waals surface area contributed by atoms with Crippen LogP contribution >= 0.6 is 11.8 Å². The fourth-order valence-electron chi connectivity index (χ4n) is 1.71. The van der Waals surface area contributed by atoms with Crippen LogP contribution in [-0.4, -0.2) is 25.9 Å². The van der Waals surface area contributed by atoms with Gasteiger partial charge in [-0.3, -0.25) is 9.36 Å². The first-order valence-electron chi connectivity index (χ1n) is 6.42. The zero-order valence-corrected chi connectivity index (χ0v) is 12.6. The first-order valence-corrected chi connectivity index (χ1v) is 7.30. The third-order valence-electron chi connectivity index (χ3n) is 2.69. The lowest BCUT2D eigenvalue weighted by Crippen LogP contribution is -2.23. The lowest BCUT2D eigenvalue weighted by atomic mass is 10.2. The van der Waals surface area contributed by atoms with E-state index in [4.69, 9.17) is 10.2 Å². The molecule has 0 bridgehead atoms. The van der Waals surface area contributed by atoms with Crippen LogP contribution in [0, 0.1) is 5.92 Å². The van der Waals surface area contributed by atoms with Crippen LogP contribution in [0.5, 0.6) is 0 Å². The van der Waals surface area contributed by atoms with Crippen molar-refractivity contribution in [1.82, 2.24) is 14.8 Å². The third-order valence-corrected chi connectivity index (χ3v) is 3.79. The van der Waals surface area contributed by atoms with Gasteiger partial charge in [-0.15, -0.1) is 10.2 Å². The summed E-state index contributed by atoms with van der Waals surface area (Å²) in [4.78, 5) is 11.2. The molecule has 7 heteroatoms. The molecule has 2 aromatic rings. The molecule has 0 saturated heterocycles. The number of aromatic nitrogens is 3. The van der Waals surface area contributed by atoms with E-state index in [2.05, 4.69) is 24.0 Å². The molecular formula is C13H18N4O2S. The molecule has 20 heavy (non-hydrogen) atoms. The van der Waals surface area contributed by atoms with Gasteiger partial charge in [-0.1, -0.05) is 25.6 Å². The van der Waals surface area contributed by atoms with Crippen molar-refractivity contribution in [1.29, 1.82) is 0 Å². The summed E-state index contributed by atoms with van der Waals surface area (Å²) < 4.78 is 7.35. The average molecular weight is 294 g/mol. The highest BCUT2D eigenvalue weighted by atomic mass is 32.2. The number of carbonyl (C=O) groups excluding carboxylic acids is 1. The Hall–Kier alpha value is -1.76. The van der Waals surface area contributed by atoms with Crippen LogP contribution in [0.1, 0.15) is 20.8 Å². The van der Waals surface area contributed by atoms with Crippen molar-refractivity contribution in [2.75, 3.05) is 0 Å². The van der Waals surface area contributed by atoms with Crippen molar-refractivity contribution < 1.29 is 9.21 Å². The zero-order chi connectivity index (χ0) is 14.7. The number of carbonyl (C=O) groups is 1. The molecule has 0 spiro atoms. The second-order valence-electron chi connectivity index (χ2n) is 4.95. The van der Waals surface area contributed by atoms with Gasteiger partial charge in [0.25, 0.3) is 0 Å². The highest BCUT2D eigenvalue weighted by Gasteiger charge is 2.20. The van der Waals surface area contributed by atoms with E-state index in [1.54, 1.807) is 13.2 Å². The van der Waals surface area contributed by atoms with E-state index in [1.807, 2.05) is 16.7 Å². The van der Waals surface area contributed by atoms with E-state index in [0.29, 0.717) is 22.7 Å². The third kappa shape index (κ3) is 3.22. The van der Waals surface area contributed by atoms with Crippen LogP contribution in [-0.2, 0) is 11.3 Å². The Labute approximate surface area is 121 Å². The summed E-state index contributed by atoms with van der Waals surface area (Å²) in [5, 5.41) is 8.65. The van der Waals surface area contributed by atoms with E-state index < -0.39 is 0 Å². The van der Waals surface area contributed by atoms with E-state index >= 15 is 0 Å². The Morgan fingerprint density at radius 3 is 2.75 bits per heavy atom. The van der Waals surface area contributed by atoms with Gasteiger partial charge in [-0.2, -0.15) is 0 Å². The Morgan fingerprint density at radius 1 is 1.45 bits per heavy atom. The van der Waals surface area contributed by atoms with Crippen molar-refractivity contribution >= 4 is 17.7 Å². The number of hydrogen-bond donors (Lipinski definition) is 1. The van der Waals surface area contributed by atoms with Crippen LogP contribution in [0.3, 0.4) is 0 Å². The van der Waals surface area contributed by atoms with Gasteiger partial charge in [-0.25, -0.2) is 0 Å². The van der Waals surface area contributed by atoms with Crippen LogP contribution in [0.4, 0.5) is 0 Å². The van der Waals surface area contributed by atoms with Crippen LogP contribution in [0.15, 0.2) is 28.0 Å². The fraction of sp³-hybridized carbons (Fsp3) is 0.462. The molecule has 2 heterocycles. The molecule has 6 nitrogen and oxygen atoms in total. The molecule has 2 rings (SSSR count). The van der Waals surface area contributed by atoms with Crippen LogP contribution in [0.2, 0.25) is 0 Å². The molecule has 0 aliphatic rings. The molecule has 0 saturated carbocycles. The first kappa shape index (κ1) is 14.6. The molecule has 1 amide bonds. The number of furan rings is 1. The highest BCUT2D eigenvalue weighted by molar-refractivity contribution is 8.00. The summed E-state index contributed by atoms with van der Waals surface area (Å²) in [7, 11) is 0. The van der Waals surface area contributed by atoms with Crippen molar-refractivity contribution in [3.8, 4) is 11.6 Å². The van der Waals surface area contributed by atoms with E-state index in [9.17, 15) is 4.79 Å².